The first kappa shape index (κ1) is 14.8. The number of carbonyl (C=O) groups is 2. The third kappa shape index (κ3) is 3.72. The fourth-order valence-electron chi connectivity index (χ4n) is 2.25. The van der Waals surface area contributed by atoms with Gasteiger partial charge in [0.15, 0.2) is 0 Å². The molecule has 1 N–H and O–H groups in total. The van der Waals surface area contributed by atoms with Gasteiger partial charge in [-0.15, -0.1) is 0 Å². The van der Waals surface area contributed by atoms with Gasteiger partial charge in [-0.05, 0) is 31.9 Å². The minimum atomic E-state index is -0.756. The van der Waals surface area contributed by atoms with Gasteiger partial charge in [0.1, 0.15) is 0 Å². The maximum absolute atomic E-state index is 12.3. The predicted molar refractivity (Wildman–Crippen MR) is 76.5 cm³/mol. The average Bonchev–Trinajstić information content (AvgIpc) is 2.47. The van der Waals surface area contributed by atoms with Crippen LogP contribution in [0.3, 0.4) is 0 Å². The normalized spacial score (nSPS) is 17.8. The second-order valence-corrected chi connectivity index (χ2v) is 6.23. The van der Waals surface area contributed by atoms with Crippen LogP contribution in [0.25, 0.3) is 0 Å². The van der Waals surface area contributed by atoms with Crippen molar-refractivity contribution in [3.63, 3.8) is 0 Å². The summed E-state index contributed by atoms with van der Waals surface area (Å²) in [5.74, 6) is -1.00. The molecule has 5 nitrogen and oxygen atoms in total. The van der Waals surface area contributed by atoms with Crippen LogP contribution in [0.1, 0.15) is 19.8 Å². The molecule has 1 aromatic heterocycles. The summed E-state index contributed by atoms with van der Waals surface area (Å²) in [5.41, 5.74) is 0. The van der Waals surface area contributed by atoms with Crippen molar-refractivity contribution in [2.75, 3.05) is 13.1 Å². The Kier molecular flexibility index (Phi) is 5.00. The highest BCUT2D eigenvalue weighted by Crippen LogP contribution is 2.24. The van der Waals surface area contributed by atoms with Gasteiger partial charge in [0.05, 0.1) is 16.2 Å². The molecule has 1 aliphatic heterocycles. The smallest absolute Gasteiger partial charge is 0.306 e. The van der Waals surface area contributed by atoms with Crippen molar-refractivity contribution in [3.05, 3.63) is 24.4 Å². The number of nitrogens with zero attached hydrogens (tertiary/aromatic N) is 2. The molecule has 1 aliphatic rings. The minimum absolute atomic E-state index is 0.0597. The van der Waals surface area contributed by atoms with E-state index in [-0.39, 0.29) is 17.1 Å². The van der Waals surface area contributed by atoms with Crippen molar-refractivity contribution >= 4 is 23.6 Å². The SMILES string of the molecule is CC(Sc1ccccn1)C(=O)N1CCC(C(=O)O)CC1. The van der Waals surface area contributed by atoms with Crippen LogP contribution in [-0.4, -0.2) is 45.2 Å². The number of carbonyl (C=O) groups excluding carboxylic acids is 1. The Morgan fingerprint density at radius 1 is 1.40 bits per heavy atom. The Balaban J connectivity index is 1.87. The van der Waals surface area contributed by atoms with Gasteiger partial charge in [0, 0.05) is 19.3 Å². The van der Waals surface area contributed by atoms with Gasteiger partial charge in [-0.2, -0.15) is 0 Å². The number of carboxylic acid groups (broad SMARTS) is 1. The fraction of sp³-hybridized carbons (Fsp3) is 0.500. The van der Waals surface area contributed by atoms with Crippen LogP contribution >= 0.6 is 11.8 Å². The summed E-state index contributed by atoms with van der Waals surface area (Å²) in [6.07, 6.45) is 2.79. The number of rotatable bonds is 4. The van der Waals surface area contributed by atoms with Crippen LogP contribution in [0.4, 0.5) is 0 Å². The number of carboxylic acids is 1. The molecule has 20 heavy (non-hydrogen) atoms. The molecule has 1 saturated heterocycles. The molecule has 0 radical (unpaired) electrons. The van der Waals surface area contributed by atoms with E-state index < -0.39 is 5.97 Å². The number of piperidine rings is 1. The quantitative estimate of drug-likeness (QED) is 0.859. The molecular formula is C14H18N2O3S. The highest BCUT2D eigenvalue weighted by molar-refractivity contribution is 8.00. The molecule has 0 bridgehead atoms. The van der Waals surface area contributed by atoms with E-state index in [2.05, 4.69) is 4.98 Å². The average molecular weight is 294 g/mol. The van der Waals surface area contributed by atoms with E-state index in [4.69, 9.17) is 5.11 Å². The summed E-state index contributed by atoms with van der Waals surface area (Å²) in [7, 11) is 0. The number of aliphatic carboxylic acids is 1. The molecule has 1 amide bonds. The second kappa shape index (κ2) is 6.74. The van der Waals surface area contributed by atoms with E-state index in [9.17, 15) is 9.59 Å². The number of thioether (sulfide) groups is 1. The first-order valence-corrected chi connectivity index (χ1v) is 7.55. The molecule has 1 atom stereocenters. The molecule has 1 unspecified atom stereocenters. The van der Waals surface area contributed by atoms with Gasteiger partial charge >= 0.3 is 5.97 Å². The molecule has 0 spiro atoms. The van der Waals surface area contributed by atoms with Crippen LogP contribution in [0.15, 0.2) is 29.4 Å². The maximum Gasteiger partial charge on any atom is 0.306 e. The number of likely N-dealkylation sites (tertiary alicyclic amines) is 1. The second-order valence-electron chi connectivity index (χ2n) is 4.87. The molecular weight excluding hydrogens is 276 g/mol. The van der Waals surface area contributed by atoms with Crippen LogP contribution in [0, 0.1) is 5.92 Å². The van der Waals surface area contributed by atoms with Gasteiger partial charge in [0.2, 0.25) is 5.91 Å². The molecule has 2 heterocycles. The Morgan fingerprint density at radius 3 is 2.65 bits per heavy atom. The Morgan fingerprint density at radius 2 is 2.10 bits per heavy atom. The minimum Gasteiger partial charge on any atom is -0.481 e. The van der Waals surface area contributed by atoms with Crippen molar-refractivity contribution < 1.29 is 14.7 Å². The summed E-state index contributed by atoms with van der Waals surface area (Å²) in [5, 5.41) is 9.58. The molecule has 2 rings (SSSR count). The summed E-state index contributed by atoms with van der Waals surface area (Å²) in [6.45, 7) is 2.93. The zero-order chi connectivity index (χ0) is 14.5. The number of pyridine rings is 1. The Bertz CT molecular complexity index is 473. The van der Waals surface area contributed by atoms with Gasteiger partial charge in [-0.3, -0.25) is 9.59 Å². The van der Waals surface area contributed by atoms with Crippen LogP contribution in [-0.2, 0) is 9.59 Å². The highest BCUT2D eigenvalue weighted by Gasteiger charge is 2.29. The van der Waals surface area contributed by atoms with Crippen molar-refractivity contribution in [3.8, 4) is 0 Å². The summed E-state index contributed by atoms with van der Waals surface area (Å²) < 4.78 is 0. The molecule has 0 saturated carbocycles. The lowest BCUT2D eigenvalue weighted by molar-refractivity contribution is -0.145. The zero-order valence-electron chi connectivity index (χ0n) is 11.4. The summed E-state index contributed by atoms with van der Waals surface area (Å²) in [6, 6.07) is 5.61. The lowest BCUT2D eigenvalue weighted by Crippen LogP contribution is -2.43. The zero-order valence-corrected chi connectivity index (χ0v) is 12.2. The van der Waals surface area contributed by atoms with Crippen LogP contribution in [0.5, 0.6) is 0 Å². The topological polar surface area (TPSA) is 70.5 Å². The monoisotopic (exact) mass is 294 g/mol. The molecule has 0 aliphatic carbocycles. The van der Waals surface area contributed by atoms with E-state index in [1.807, 2.05) is 25.1 Å². The van der Waals surface area contributed by atoms with E-state index in [0.717, 1.165) is 5.03 Å². The van der Waals surface area contributed by atoms with Crippen LogP contribution in [0.2, 0.25) is 0 Å². The van der Waals surface area contributed by atoms with Gasteiger partial charge in [0.25, 0.3) is 0 Å². The van der Waals surface area contributed by atoms with E-state index in [1.54, 1.807) is 11.1 Å². The molecule has 1 fully saturated rings. The number of hydrogen-bond acceptors (Lipinski definition) is 4. The Labute approximate surface area is 122 Å². The molecule has 0 aromatic carbocycles. The first-order chi connectivity index (χ1) is 9.58. The van der Waals surface area contributed by atoms with Crippen molar-refractivity contribution in [1.82, 2.24) is 9.88 Å². The highest BCUT2D eigenvalue weighted by atomic mass is 32.2. The van der Waals surface area contributed by atoms with E-state index >= 15 is 0 Å². The lowest BCUT2D eigenvalue weighted by Gasteiger charge is -2.31. The van der Waals surface area contributed by atoms with Gasteiger partial charge in [-0.25, -0.2) is 4.98 Å². The fourth-order valence-corrected chi connectivity index (χ4v) is 3.14. The third-order valence-corrected chi connectivity index (χ3v) is 4.48. The van der Waals surface area contributed by atoms with Crippen molar-refractivity contribution in [2.24, 2.45) is 5.92 Å². The predicted octanol–water partition coefficient (Wildman–Crippen LogP) is 1.89. The van der Waals surface area contributed by atoms with Gasteiger partial charge < -0.3 is 10.0 Å². The molecule has 1 aromatic rings. The van der Waals surface area contributed by atoms with Crippen molar-refractivity contribution in [1.29, 1.82) is 0 Å². The summed E-state index contributed by atoms with van der Waals surface area (Å²) >= 11 is 1.43. The van der Waals surface area contributed by atoms with E-state index in [0.29, 0.717) is 25.9 Å². The number of aromatic nitrogens is 1. The number of hydrogen-bond donors (Lipinski definition) is 1. The third-order valence-electron chi connectivity index (χ3n) is 3.44. The maximum atomic E-state index is 12.3. The largest absolute Gasteiger partial charge is 0.481 e. The first-order valence-electron chi connectivity index (χ1n) is 6.67. The van der Waals surface area contributed by atoms with Crippen LogP contribution < -0.4 is 0 Å². The molecule has 108 valence electrons. The van der Waals surface area contributed by atoms with Crippen molar-refractivity contribution in [2.45, 2.75) is 30.0 Å². The number of amides is 1. The Hall–Kier alpha value is -1.56. The van der Waals surface area contributed by atoms with Gasteiger partial charge in [-0.1, -0.05) is 17.8 Å². The molecule has 6 heteroatoms. The van der Waals surface area contributed by atoms with E-state index in [1.165, 1.54) is 11.8 Å². The standard InChI is InChI=1S/C14H18N2O3S/c1-10(20-12-4-2-3-7-15-12)13(17)16-8-5-11(6-9-16)14(18)19/h2-4,7,10-11H,5-6,8-9H2,1H3,(H,18,19). The lowest BCUT2D eigenvalue weighted by atomic mass is 9.97. The summed E-state index contributed by atoms with van der Waals surface area (Å²) in [4.78, 5) is 29.2.